The minimum atomic E-state index is 0.694. The van der Waals surface area contributed by atoms with Crippen molar-refractivity contribution < 1.29 is 4.74 Å². The molecule has 0 aliphatic carbocycles. The maximum atomic E-state index is 5.35. The normalized spacial score (nSPS) is 11.5. The van der Waals surface area contributed by atoms with E-state index in [9.17, 15) is 0 Å². The minimum Gasteiger partial charge on any atom is -0.377 e. The number of hydrogen-bond donors (Lipinski definition) is 0. The first-order valence-corrected chi connectivity index (χ1v) is 5.25. The van der Waals surface area contributed by atoms with Gasteiger partial charge in [0.1, 0.15) is 0 Å². The van der Waals surface area contributed by atoms with Crippen LogP contribution >= 0.6 is 15.9 Å². The van der Waals surface area contributed by atoms with Crippen LogP contribution in [0.4, 0.5) is 0 Å². The van der Waals surface area contributed by atoms with E-state index in [1.54, 1.807) is 0 Å². The van der Waals surface area contributed by atoms with Crippen LogP contribution < -0.4 is 0 Å². The SMILES string of the molecule is C=C(Br)CCCOCC=CC=CC. The number of halogens is 1. The Balaban J connectivity index is 3.12. The number of ether oxygens (including phenoxy) is 1. The lowest BCUT2D eigenvalue weighted by Crippen LogP contribution is -1.93. The van der Waals surface area contributed by atoms with Gasteiger partial charge in [0, 0.05) is 6.61 Å². The van der Waals surface area contributed by atoms with Crippen molar-refractivity contribution in [3.8, 4) is 0 Å². The van der Waals surface area contributed by atoms with E-state index in [-0.39, 0.29) is 0 Å². The van der Waals surface area contributed by atoms with Crippen LogP contribution in [0, 0.1) is 0 Å². The highest BCUT2D eigenvalue weighted by atomic mass is 79.9. The van der Waals surface area contributed by atoms with E-state index < -0.39 is 0 Å². The molecule has 0 rings (SSSR count). The third-order valence-corrected chi connectivity index (χ3v) is 1.79. The third kappa shape index (κ3) is 11.7. The molecule has 74 valence electrons. The van der Waals surface area contributed by atoms with Gasteiger partial charge in [-0.2, -0.15) is 0 Å². The van der Waals surface area contributed by atoms with Crippen LogP contribution in [0.1, 0.15) is 19.8 Å². The average molecular weight is 245 g/mol. The van der Waals surface area contributed by atoms with Crippen molar-refractivity contribution >= 4 is 15.9 Å². The van der Waals surface area contributed by atoms with Crippen LogP contribution in [0.2, 0.25) is 0 Å². The zero-order valence-electron chi connectivity index (χ0n) is 8.13. The molecule has 0 N–H and O–H groups in total. The standard InChI is InChI=1S/C11H17BrO/c1-3-4-5-6-9-13-10-7-8-11(2)12/h3-6H,2,7-10H2,1H3. The molecule has 0 aromatic rings. The lowest BCUT2D eigenvalue weighted by molar-refractivity contribution is 0.160. The Bertz CT molecular complexity index is 183. The first-order valence-electron chi connectivity index (χ1n) is 4.46. The van der Waals surface area contributed by atoms with Gasteiger partial charge in [0.15, 0.2) is 0 Å². The maximum Gasteiger partial charge on any atom is 0.0650 e. The molecule has 0 bridgehead atoms. The largest absolute Gasteiger partial charge is 0.377 e. The Labute approximate surface area is 89.3 Å². The molecule has 0 saturated heterocycles. The highest BCUT2D eigenvalue weighted by molar-refractivity contribution is 9.11. The van der Waals surface area contributed by atoms with E-state index in [1.165, 1.54) is 0 Å². The van der Waals surface area contributed by atoms with Crippen LogP contribution in [0.3, 0.4) is 0 Å². The van der Waals surface area contributed by atoms with E-state index in [0.717, 1.165) is 23.9 Å². The van der Waals surface area contributed by atoms with Gasteiger partial charge in [-0.3, -0.25) is 0 Å². The number of allylic oxidation sites excluding steroid dienone is 4. The summed E-state index contributed by atoms with van der Waals surface area (Å²) in [6, 6.07) is 0. The molecule has 0 radical (unpaired) electrons. The average Bonchev–Trinajstić information content (AvgIpc) is 2.09. The van der Waals surface area contributed by atoms with E-state index in [4.69, 9.17) is 4.74 Å². The van der Waals surface area contributed by atoms with Crippen molar-refractivity contribution in [2.45, 2.75) is 19.8 Å². The lowest BCUT2D eigenvalue weighted by Gasteiger charge is -1.99. The Hall–Kier alpha value is -0.340. The molecule has 1 nitrogen and oxygen atoms in total. The first-order chi connectivity index (χ1) is 6.27. The smallest absolute Gasteiger partial charge is 0.0650 e. The van der Waals surface area contributed by atoms with Crippen LogP contribution in [0.25, 0.3) is 0 Å². The maximum absolute atomic E-state index is 5.35. The molecular weight excluding hydrogens is 228 g/mol. The molecule has 0 spiro atoms. The second-order valence-electron chi connectivity index (χ2n) is 2.65. The van der Waals surface area contributed by atoms with Gasteiger partial charge in [-0.1, -0.05) is 46.8 Å². The van der Waals surface area contributed by atoms with Crippen molar-refractivity contribution in [1.82, 2.24) is 0 Å². The molecule has 0 aromatic carbocycles. The zero-order chi connectivity index (χ0) is 9.94. The summed E-state index contributed by atoms with van der Waals surface area (Å²) < 4.78 is 6.39. The molecule has 0 aliphatic rings. The minimum absolute atomic E-state index is 0.694. The van der Waals surface area contributed by atoms with Gasteiger partial charge < -0.3 is 4.74 Å². The number of rotatable bonds is 7. The van der Waals surface area contributed by atoms with Gasteiger partial charge in [-0.05, 0) is 24.2 Å². The summed E-state index contributed by atoms with van der Waals surface area (Å²) in [6.45, 7) is 7.23. The molecule has 0 unspecified atom stereocenters. The van der Waals surface area contributed by atoms with Crippen molar-refractivity contribution in [1.29, 1.82) is 0 Å². The molecule has 2 heteroatoms. The predicted molar refractivity (Wildman–Crippen MR) is 62.1 cm³/mol. The summed E-state index contributed by atoms with van der Waals surface area (Å²) in [6.07, 6.45) is 9.99. The first kappa shape index (κ1) is 12.7. The van der Waals surface area contributed by atoms with Gasteiger partial charge in [-0.15, -0.1) is 0 Å². The van der Waals surface area contributed by atoms with Gasteiger partial charge in [-0.25, -0.2) is 0 Å². The van der Waals surface area contributed by atoms with Crippen molar-refractivity contribution in [3.63, 3.8) is 0 Å². The van der Waals surface area contributed by atoms with E-state index in [1.807, 2.05) is 31.2 Å². The highest BCUT2D eigenvalue weighted by Gasteiger charge is 1.88. The Morgan fingerprint density at radius 3 is 2.85 bits per heavy atom. The van der Waals surface area contributed by atoms with Gasteiger partial charge >= 0.3 is 0 Å². The fraction of sp³-hybridized carbons (Fsp3) is 0.455. The molecule has 0 fully saturated rings. The Morgan fingerprint density at radius 1 is 1.46 bits per heavy atom. The summed E-state index contributed by atoms with van der Waals surface area (Å²) in [5, 5.41) is 0. The van der Waals surface area contributed by atoms with E-state index in [2.05, 4.69) is 22.5 Å². The second kappa shape index (κ2) is 9.75. The lowest BCUT2D eigenvalue weighted by atomic mass is 10.3. The quantitative estimate of drug-likeness (QED) is 0.489. The van der Waals surface area contributed by atoms with E-state index in [0.29, 0.717) is 6.61 Å². The summed E-state index contributed by atoms with van der Waals surface area (Å²) in [5.74, 6) is 0. The Morgan fingerprint density at radius 2 is 2.23 bits per heavy atom. The molecule has 0 atom stereocenters. The summed E-state index contributed by atoms with van der Waals surface area (Å²) in [7, 11) is 0. The van der Waals surface area contributed by atoms with Gasteiger partial charge in [0.05, 0.1) is 6.61 Å². The topological polar surface area (TPSA) is 9.23 Å². The predicted octanol–water partition coefficient (Wildman–Crippen LogP) is 3.82. The van der Waals surface area contributed by atoms with Crippen LogP contribution in [-0.4, -0.2) is 13.2 Å². The summed E-state index contributed by atoms with van der Waals surface area (Å²) in [4.78, 5) is 0. The Kier molecular flexibility index (Phi) is 9.49. The molecule has 0 saturated carbocycles. The third-order valence-electron chi connectivity index (χ3n) is 1.39. The molecule has 0 aromatic heterocycles. The fourth-order valence-corrected chi connectivity index (χ4v) is 1.04. The molecule has 13 heavy (non-hydrogen) atoms. The highest BCUT2D eigenvalue weighted by Crippen LogP contribution is 2.08. The molecule has 0 heterocycles. The zero-order valence-corrected chi connectivity index (χ0v) is 9.72. The van der Waals surface area contributed by atoms with Gasteiger partial charge in [0.25, 0.3) is 0 Å². The molecular formula is C11H17BrO. The van der Waals surface area contributed by atoms with E-state index >= 15 is 0 Å². The monoisotopic (exact) mass is 244 g/mol. The van der Waals surface area contributed by atoms with Crippen molar-refractivity contribution in [3.05, 3.63) is 35.4 Å². The van der Waals surface area contributed by atoms with Crippen molar-refractivity contribution in [2.24, 2.45) is 0 Å². The van der Waals surface area contributed by atoms with Gasteiger partial charge in [0.2, 0.25) is 0 Å². The summed E-state index contributed by atoms with van der Waals surface area (Å²) >= 11 is 3.30. The molecule has 0 amide bonds. The number of hydrogen-bond acceptors (Lipinski definition) is 1. The van der Waals surface area contributed by atoms with Crippen LogP contribution in [0.5, 0.6) is 0 Å². The van der Waals surface area contributed by atoms with Crippen LogP contribution in [0.15, 0.2) is 35.4 Å². The second-order valence-corrected chi connectivity index (χ2v) is 3.77. The van der Waals surface area contributed by atoms with Crippen molar-refractivity contribution in [2.75, 3.05) is 13.2 Å². The fourth-order valence-electron chi connectivity index (χ4n) is 0.763. The summed E-state index contributed by atoms with van der Waals surface area (Å²) in [5.41, 5.74) is 0. The molecule has 0 aliphatic heterocycles. The van der Waals surface area contributed by atoms with Crippen LogP contribution in [-0.2, 0) is 4.74 Å².